The van der Waals surface area contributed by atoms with E-state index in [-0.39, 0.29) is 0 Å². The van der Waals surface area contributed by atoms with Crippen LogP contribution in [0.25, 0.3) is 0 Å². The average molecular weight is 375 g/mol. The van der Waals surface area contributed by atoms with Crippen LogP contribution < -0.4 is 4.90 Å². The number of carbonyl (C=O) groups excluding carboxylic acids is 2. The number of carbonyl (C=O) groups is 3. The van der Waals surface area contributed by atoms with Crippen LogP contribution in [0.3, 0.4) is 0 Å². The highest BCUT2D eigenvalue weighted by Crippen LogP contribution is 2.47. The van der Waals surface area contributed by atoms with Gasteiger partial charge in [0.05, 0.1) is 5.69 Å². The molecular formula is C13H8F7NO4. The van der Waals surface area contributed by atoms with E-state index < -0.39 is 52.0 Å². The third-order valence-electron chi connectivity index (χ3n) is 2.93. The molecule has 0 saturated heterocycles. The summed E-state index contributed by atoms with van der Waals surface area (Å²) in [6, 6.07) is 2.33. The van der Waals surface area contributed by atoms with Gasteiger partial charge in [0.15, 0.2) is 0 Å². The van der Waals surface area contributed by atoms with Crippen LogP contribution in [0.5, 0.6) is 0 Å². The van der Waals surface area contributed by atoms with Crippen LogP contribution in [0, 0.1) is 5.82 Å². The SMILES string of the molecule is CC(=O)N(C(=O)C(F)(F)C(F)(F)C(F)(F)C(=O)O)c1ccc(F)cc1. The molecule has 1 rings (SSSR count). The minimum absolute atomic E-state index is 0.477. The fraction of sp³-hybridized carbons (Fsp3) is 0.308. The van der Waals surface area contributed by atoms with Gasteiger partial charge in [0.25, 0.3) is 0 Å². The van der Waals surface area contributed by atoms with Crippen molar-refractivity contribution in [2.75, 3.05) is 4.90 Å². The van der Waals surface area contributed by atoms with Crippen LogP contribution in [0.2, 0.25) is 0 Å². The van der Waals surface area contributed by atoms with E-state index in [0.717, 1.165) is 0 Å². The molecule has 1 N–H and O–H groups in total. The van der Waals surface area contributed by atoms with Gasteiger partial charge in [0.1, 0.15) is 5.82 Å². The number of benzene rings is 1. The van der Waals surface area contributed by atoms with Gasteiger partial charge < -0.3 is 5.11 Å². The van der Waals surface area contributed by atoms with Gasteiger partial charge in [-0.05, 0) is 24.3 Å². The van der Waals surface area contributed by atoms with E-state index in [0.29, 0.717) is 31.2 Å². The predicted octanol–water partition coefficient (Wildman–Crippen LogP) is 2.70. The van der Waals surface area contributed by atoms with Gasteiger partial charge in [-0.25, -0.2) is 14.1 Å². The first-order valence-corrected chi connectivity index (χ1v) is 6.15. The topological polar surface area (TPSA) is 74.7 Å². The maximum Gasteiger partial charge on any atom is 0.411 e. The number of imide groups is 1. The van der Waals surface area contributed by atoms with Gasteiger partial charge in [-0.3, -0.25) is 9.59 Å². The molecule has 2 amide bonds. The third-order valence-corrected chi connectivity index (χ3v) is 2.93. The van der Waals surface area contributed by atoms with Crippen molar-refractivity contribution in [3.8, 4) is 0 Å². The molecule has 0 fully saturated rings. The highest BCUT2D eigenvalue weighted by Gasteiger charge is 2.79. The first kappa shape index (κ1) is 20.4. The van der Waals surface area contributed by atoms with Gasteiger partial charge in [0.2, 0.25) is 5.91 Å². The van der Waals surface area contributed by atoms with Crippen LogP contribution in [0.4, 0.5) is 36.4 Å². The number of halogens is 7. The van der Waals surface area contributed by atoms with Crippen LogP contribution in [-0.4, -0.2) is 40.7 Å². The molecule has 0 saturated carbocycles. The van der Waals surface area contributed by atoms with E-state index in [1.165, 1.54) is 0 Å². The largest absolute Gasteiger partial charge is 0.477 e. The lowest BCUT2D eigenvalue weighted by Crippen LogP contribution is -2.64. The van der Waals surface area contributed by atoms with Crippen molar-refractivity contribution in [1.29, 1.82) is 0 Å². The number of aliphatic carboxylic acids is 1. The Kier molecular flexibility index (Phi) is 5.16. The standard InChI is InChI=1S/C13H8F7NO4/c1-6(22)21(8-4-2-7(14)3-5-8)9(23)11(15,16)13(19,20)12(17,18)10(24)25/h2-5H,1H3,(H,24,25). The van der Waals surface area contributed by atoms with Gasteiger partial charge >= 0.3 is 29.6 Å². The second-order valence-corrected chi connectivity index (χ2v) is 4.66. The van der Waals surface area contributed by atoms with Crippen molar-refractivity contribution < 1.29 is 50.2 Å². The van der Waals surface area contributed by atoms with Gasteiger partial charge in [-0.1, -0.05) is 0 Å². The van der Waals surface area contributed by atoms with Crippen LogP contribution in [0.15, 0.2) is 24.3 Å². The maximum atomic E-state index is 13.7. The summed E-state index contributed by atoms with van der Waals surface area (Å²) in [7, 11) is 0. The summed E-state index contributed by atoms with van der Waals surface area (Å²) in [5.41, 5.74) is -0.812. The molecule has 0 aliphatic carbocycles. The normalized spacial score (nSPS) is 12.6. The Morgan fingerprint density at radius 3 is 1.72 bits per heavy atom. The Balaban J connectivity index is 3.43. The van der Waals surface area contributed by atoms with Crippen LogP contribution >= 0.6 is 0 Å². The quantitative estimate of drug-likeness (QED) is 0.804. The molecule has 0 unspecified atom stereocenters. The average Bonchev–Trinajstić information content (AvgIpc) is 2.48. The molecule has 0 aromatic heterocycles. The van der Waals surface area contributed by atoms with Crippen LogP contribution in [-0.2, 0) is 14.4 Å². The molecule has 0 aliphatic rings. The molecule has 12 heteroatoms. The first-order valence-electron chi connectivity index (χ1n) is 6.15. The molecule has 0 aliphatic heterocycles. The second kappa shape index (κ2) is 6.33. The molecule has 138 valence electrons. The highest BCUT2D eigenvalue weighted by molar-refractivity contribution is 6.16. The molecule has 1 aromatic carbocycles. The number of nitrogens with zero attached hydrogens (tertiary/aromatic N) is 1. The summed E-state index contributed by atoms with van der Waals surface area (Å²) >= 11 is 0. The van der Waals surface area contributed by atoms with Gasteiger partial charge in [-0.15, -0.1) is 0 Å². The maximum absolute atomic E-state index is 13.7. The lowest BCUT2D eigenvalue weighted by molar-refractivity contribution is -0.292. The van der Waals surface area contributed by atoms with E-state index >= 15 is 0 Å². The number of carboxylic acid groups (broad SMARTS) is 1. The van der Waals surface area contributed by atoms with Crippen molar-refractivity contribution in [3.63, 3.8) is 0 Å². The molecule has 0 heterocycles. The Morgan fingerprint density at radius 2 is 1.36 bits per heavy atom. The zero-order valence-electron chi connectivity index (χ0n) is 12.1. The Morgan fingerprint density at radius 1 is 0.920 bits per heavy atom. The smallest absolute Gasteiger partial charge is 0.411 e. The summed E-state index contributed by atoms with van der Waals surface area (Å²) in [5.74, 6) is -28.4. The van der Waals surface area contributed by atoms with Crippen molar-refractivity contribution in [1.82, 2.24) is 0 Å². The van der Waals surface area contributed by atoms with E-state index in [1.54, 1.807) is 0 Å². The molecule has 0 radical (unpaired) electrons. The molecule has 0 bridgehead atoms. The number of anilines is 1. The predicted molar refractivity (Wildman–Crippen MR) is 67.0 cm³/mol. The number of carboxylic acids is 1. The monoisotopic (exact) mass is 375 g/mol. The molecule has 0 spiro atoms. The number of alkyl halides is 6. The summed E-state index contributed by atoms with van der Waals surface area (Å²) < 4.78 is 92.9. The fourth-order valence-corrected chi connectivity index (χ4v) is 1.64. The van der Waals surface area contributed by atoms with E-state index in [2.05, 4.69) is 0 Å². The number of rotatable bonds is 5. The fourth-order valence-electron chi connectivity index (χ4n) is 1.64. The van der Waals surface area contributed by atoms with E-state index in [4.69, 9.17) is 5.11 Å². The lowest BCUT2D eigenvalue weighted by Gasteiger charge is -2.32. The third kappa shape index (κ3) is 3.28. The molecule has 5 nitrogen and oxygen atoms in total. The summed E-state index contributed by atoms with van der Waals surface area (Å²) in [6.45, 7) is 0.477. The summed E-state index contributed by atoms with van der Waals surface area (Å²) in [4.78, 5) is 32.6. The van der Waals surface area contributed by atoms with Gasteiger partial charge in [-0.2, -0.15) is 26.3 Å². The minimum atomic E-state index is -6.66. The van der Waals surface area contributed by atoms with Gasteiger partial charge in [0, 0.05) is 6.92 Å². The lowest BCUT2D eigenvalue weighted by atomic mass is 10.0. The molecule has 0 atom stereocenters. The summed E-state index contributed by atoms with van der Waals surface area (Å²) in [5, 5.41) is 8.02. The van der Waals surface area contributed by atoms with Crippen molar-refractivity contribution >= 4 is 23.5 Å². The minimum Gasteiger partial charge on any atom is -0.477 e. The Labute approximate surface area is 134 Å². The van der Waals surface area contributed by atoms with Crippen molar-refractivity contribution in [2.24, 2.45) is 0 Å². The zero-order chi connectivity index (χ0) is 19.8. The number of amides is 2. The second-order valence-electron chi connectivity index (χ2n) is 4.66. The molecule has 25 heavy (non-hydrogen) atoms. The molecule has 1 aromatic rings. The molecular weight excluding hydrogens is 367 g/mol. The Hall–Kier alpha value is -2.66. The number of hydrogen-bond acceptors (Lipinski definition) is 3. The van der Waals surface area contributed by atoms with E-state index in [9.17, 15) is 45.1 Å². The Bertz CT molecular complexity index is 703. The van der Waals surface area contributed by atoms with Crippen molar-refractivity contribution in [2.45, 2.75) is 24.7 Å². The van der Waals surface area contributed by atoms with Crippen LogP contribution in [0.1, 0.15) is 6.92 Å². The number of hydrogen-bond donors (Lipinski definition) is 1. The zero-order valence-corrected chi connectivity index (χ0v) is 12.1. The highest BCUT2D eigenvalue weighted by atomic mass is 19.3. The summed E-state index contributed by atoms with van der Waals surface area (Å²) in [6.07, 6.45) is 0. The first-order chi connectivity index (χ1) is 11.2. The van der Waals surface area contributed by atoms with Crippen molar-refractivity contribution in [3.05, 3.63) is 30.1 Å². The van der Waals surface area contributed by atoms with E-state index in [1.807, 2.05) is 0 Å².